The van der Waals surface area contributed by atoms with E-state index in [0.29, 0.717) is 15.8 Å². The van der Waals surface area contributed by atoms with Crippen LogP contribution in [0.25, 0.3) is 15.8 Å². The molecule has 0 saturated carbocycles. The van der Waals surface area contributed by atoms with E-state index in [9.17, 15) is 14.9 Å². The van der Waals surface area contributed by atoms with Gasteiger partial charge in [-0.05, 0) is 31.5 Å². The van der Waals surface area contributed by atoms with Gasteiger partial charge in [0, 0.05) is 16.8 Å². The van der Waals surface area contributed by atoms with E-state index in [4.69, 9.17) is 11.6 Å². The van der Waals surface area contributed by atoms with E-state index >= 15 is 0 Å². The van der Waals surface area contributed by atoms with Gasteiger partial charge in [0.1, 0.15) is 4.70 Å². The molecule has 0 unspecified atom stereocenters. The Morgan fingerprint density at radius 1 is 1.27 bits per heavy atom. The topological polar surface area (TPSA) is 104 Å². The van der Waals surface area contributed by atoms with Crippen LogP contribution in [0.2, 0.25) is 5.02 Å². The maximum absolute atomic E-state index is 12.4. The largest absolute Gasteiger partial charge is 0.288 e. The molecule has 4 aromatic rings. The molecule has 2 heterocycles. The first-order chi connectivity index (χ1) is 14.3. The zero-order chi connectivity index (χ0) is 21.4. The fourth-order valence-corrected chi connectivity index (χ4v) is 5.20. The summed E-state index contributed by atoms with van der Waals surface area (Å²) in [5, 5.41) is 20.0. The van der Waals surface area contributed by atoms with Crippen LogP contribution >= 0.6 is 34.7 Å². The van der Waals surface area contributed by atoms with Crippen molar-refractivity contribution in [3.8, 4) is 5.69 Å². The van der Waals surface area contributed by atoms with Crippen molar-refractivity contribution in [1.29, 1.82) is 0 Å². The van der Waals surface area contributed by atoms with Crippen LogP contribution < -0.4 is 5.56 Å². The maximum atomic E-state index is 12.4. The number of nitro benzene ring substituents is 1. The van der Waals surface area contributed by atoms with Gasteiger partial charge in [-0.15, -0.1) is 16.4 Å². The number of aromatic nitrogens is 4. The van der Waals surface area contributed by atoms with Crippen molar-refractivity contribution in [1.82, 2.24) is 20.0 Å². The third-order valence-electron chi connectivity index (χ3n) is 4.33. The van der Waals surface area contributed by atoms with Crippen LogP contribution in [0.3, 0.4) is 0 Å². The van der Waals surface area contributed by atoms with Gasteiger partial charge in [0.25, 0.3) is 11.2 Å². The second-order valence-corrected chi connectivity index (χ2v) is 9.23. The number of benzene rings is 2. The maximum Gasteiger partial charge on any atom is 0.288 e. The molecule has 11 heteroatoms. The molecule has 0 N–H and O–H groups in total. The number of thioether (sulfide) groups is 1. The van der Waals surface area contributed by atoms with Gasteiger partial charge >= 0.3 is 0 Å². The standard InChI is InChI=1S/C19H14ClN5O3S2/c1-10-3-4-15(11(2)5-10)24-8-13(22-23-24)9-29-19-21-18(26)14-6-12(20)7-16(25(27)28)17(14)30-19/h3-8H,9H2,1-2H3. The summed E-state index contributed by atoms with van der Waals surface area (Å²) in [6, 6.07) is 8.70. The van der Waals surface area contributed by atoms with Crippen molar-refractivity contribution >= 4 is 50.5 Å². The molecule has 8 nitrogen and oxygen atoms in total. The van der Waals surface area contributed by atoms with Crippen molar-refractivity contribution in [2.45, 2.75) is 23.9 Å². The summed E-state index contributed by atoms with van der Waals surface area (Å²) in [4.78, 5) is 27.2. The number of hydrogen-bond donors (Lipinski definition) is 0. The number of nitrogens with zero attached hydrogens (tertiary/aromatic N) is 5. The van der Waals surface area contributed by atoms with Crippen molar-refractivity contribution < 1.29 is 4.92 Å². The minimum atomic E-state index is -0.548. The van der Waals surface area contributed by atoms with E-state index in [1.807, 2.05) is 32.2 Å². The van der Waals surface area contributed by atoms with Crippen molar-refractivity contribution in [2.24, 2.45) is 0 Å². The first-order valence-electron chi connectivity index (χ1n) is 8.72. The van der Waals surface area contributed by atoms with E-state index < -0.39 is 10.5 Å². The fraction of sp³-hybridized carbons (Fsp3) is 0.158. The van der Waals surface area contributed by atoms with Crippen LogP contribution in [0, 0.1) is 24.0 Å². The Hall–Kier alpha value is -2.82. The highest BCUT2D eigenvalue weighted by Crippen LogP contribution is 2.35. The number of nitro groups is 1. The smallest absolute Gasteiger partial charge is 0.267 e. The van der Waals surface area contributed by atoms with Gasteiger partial charge in [0.05, 0.1) is 27.9 Å². The number of halogens is 1. The quantitative estimate of drug-likeness (QED) is 0.242. The van der Waals surface area contributed by atoms with Crippen LogP contribution in [0.15, 0.2) is 45.7 Å². The zero-order valence-corrected chi connectivity index (χ0v) is 18.2. The zero-order valence-electron chi connectivity index (χ0n) is 15.8. The molecule has 2 aromatic heterocycles. The highest BCUT2D eigenvalue weighted by Gasteiger charge is 2.18. The van der Waals surface area contributed by atoms with Gasteiger partial charge in [0.2, 0.25) is 0 Å². The molecule has 0 aliphatic rings. The van der Waals surface area contributed by atoms with Crippen molar-refractivity contribution in [2.75, 3.05) is 0 Å². The predicted molar refractivity (Wildman–Crippen MR) is 118 cm³/mol. The summed E-state index contributed by atoms with van der Waals surface area (Å²) in [5.41, 5.74) is 3.14. The molecule has 0 radical (unpaired) electrons. The molecule has 0 bridgehead atoms. The lowest BCUT2D eigenvalue weighted by atomic mass is 10.1. The van der Waals surface area contributed by atoms with Crippen LogP contribution in [-0.4, -0.2) is 24.9 Å². The van der Waals surface area contributed by atoms with Crippen molar-refractivity contribution in [3.63, 3.8) is 0 Å². The highest BCUT2D eigenvalue weighted by molar-refractivity contribution is 8.00. The van der Waals surface area contributed by atoms with E-state index in [1.165, 1.54) is 29.5 Å². The van der Waals surface area contributed by atoms with Gasteiger partial charge in [-0.1, -0.05) is 46.3 Å². The summed E-state index contributed by atoms with van der Waals surface area (Å²) in [7, 11) is 0. The predicted octanol–water partition coefficient (Wildman–Crippen LogP) is 4.71. The molecule has 0 amide bonds. The lowest BCUT2D eigenvalue weighted by Crippen LogP contribution is -2.06. The lowest BCUT2D eigenvalue weighted by molar-refractivity contribution is -0.382. The molecule has 2 aromatic carbocycles. The molecule has 0 fully saturated rings. The normalized spacial score (nSPS) is 11.2. The number of hydrogen-bond acceptors (Lipinski definition) is 8. The Kier molecular flexibility index (Phi) is 5.54. The second-order valence-electron chi connectivity index (χ2n) is 6.58. The van der Waals surface area contributed by atoms with Gasteiger partial charge in [-0.2, -0.15) is 4.98 Å². The molecular formula is C19H14ClN5O3S2. The molecule has 0 aliphatic heterocycles. The Labute approximate surface area is 183 Å². The van der Waals surface area contributed by atoms with Crippen LogP contribution in [0.1, 0.15) is 16.8 Å². The molecule has 30 heavy (non-hydrogen) atoms. The number of rotatable bonds is 5. The van der Waals surface area contributed by atoms with E-state index in [2.05, 4.69) is 21.4 Å². The average molecular weight is 460 g/mol. The van der Waals surface area contributed by atoms with Crippen molar-refractivity contribution in [3.05, 3.63) is 78.8 Å². The SMILES string of the molecule is Cc1ccc(-n2cc(CSc3nc(=O)c4cc(Cl)cc([N+](=O)[O-])c4s3)nn2)c(C)c1. The fourth-order valence-electron chi connectivity index (χ4n) is 2.98. The van der Waals surface area contributed by atoms with E-state index in [0.717, 1.165) is 22.6 Å². The summed E-state index contributed by atoms with van der Waals surface area (Å²) >= 11 is 8.27. The molecule has 4 rings (SSSR count). The Bertz CT molecular complexity index is 1350. The number of aryl methyl sites for hydroxylation is 2. The van der Waals surface area contributed by atoms with Gasteiger partial charge in [-0.25, -0.2) is 4.68 Å². The Balaban J connectivity index is 1.61. The van der Waals surface area contributed by atoms with Crippen LogP contribution in [0.5, 0.6) is 0 Å². The average Bonchev–Trinajstić information content (AvgIpc) is 3.15. The minimum absolute atomic E-state index is 0.128. The Morgan fingerprint density at radius 3 is 2.80 bits per heavy atom. The molecule has 0 spiro atoms. The summed E-state index contributed by atoms with van der Waals surface area (Å²) in [5.74, 6) is 0.417. The Morgan fingerprint density at radius 2 is 2.07 bits per heavy atom. The van der Waals surface area contributed by atoms with E-state index in [1.54, 1.807) is 4.68 Å². The first kappa shape index (κ1) is 20.5. The van der Waals surface area contributed by atoms with E-state index in [-0.39, 0.29) is 20.8 Å². The van der Waals surface area contributed by atoms with Gasteiger partial charge in [0.15, 0.2) is 4.34 Å². The van der Waals surface area contributed by atoms with Crippen LogP contribution in [0.4, 0.5) is 5.69 Å². The molecule has 0 atom stereocenters. The second kappa shape index (κ2) is 8.13. The lowest BCUT2D eigenvalue weighted by Gasteiger charge is -2.05. The van der Waals surface area contributed by atoms with Gasteiger partial charge < -0.3 is 0 Å². The monoisotopic (exact) mass is 459 g/mol. The summed E-state index contributed by atoms with van der Waals surface area (Å²) in [6.07, 6.45) is 1.82. The van der Waals surface area contributed by atoms with Crippen LogP contribution in [-0.2, 0) is 5.75 Å². The third kappa shape index (κ3) is 4.07. The number of fused-ring (bicyclic) bond motifs is 1. The molecular weight excluding hydrogens is 446 g/mol. The first-order valence-corrected chi connectivity index (χ1v) is 10.9. The van der Waals surface area contributed by atoms with Gasteiger partial charge in [-0.3, -0.25) is 14.9 Å². The summed E-state index contributed by atoms with van der Waals surface area (Å²) in [6.45, 7) is 4.04. The molecule has 152 valence electrons. The number of non-ortho nitro benzene ring substituents is 1. The molecule has 0 saturated heterocycles. The minimum Gasteiger partial charge on any atom is -0.267 e. The summed E-state index contributed by atoms with van der Waals surface area (Å²) < 4.78 is 2.37. The third-order valence-corrected chi connectivity index (χ3v) is 6.83. The molecule has 0 aliphatic carbocycles. The highest BCUT2D eigenvalue weighted by atomic mass is 35.5.